The van der Waals surface area contributed by atoms with Crippen LogP contribution in [0.5, 0.6) is 0 Å². The van der Waals surface area contributed by atoms with E-state index in [9.17, 15) is 0 Å². The molecule has 7 heavy (non-hydrogen) atoms. The van der Waals surface area contributed by atoms with Crippen LogP contribution in [0.1, 0.15) is 6.42 Å². The summed E-state index contributed by atoms with van der Waals surface area (Å²) < 4.78 is 3.02. The molecule has 0 aromatic rings. The first-order chi connectivity index (χ1) is 3.00. The van der Waals surface area contributed by atoms with Gasteiger partial charge in [0.25, 0.3) is 0 Å². The highest BCUT2D eigenvalue weighted by molar-refractivity contribution is 7.97. The maximum Gasteiger partial charge on any atom is 0.0167 e. The molecule has 0 spiro atoms. The summed E-state index contributed by atoms with van der Waals surface area (Å²) in [7, 11) is 0. The second kappa shape index (κ2) is 4.34. The molecule has 0 amide bonds. The highest BCUT2D eigenvalue weighted by Gasteiger charge is 1.85. The lowest BCUT2D eigenvalue weighted by Gasteiger charge is -2.00. The van der Waals surface area contributed by atoms with E-state index >= 15 is 0 Å². The van der Waals surface area contributed by atoms with E-state index in [0.717, 1.165) is 0 Å². The van der Waals surface area contributed by atoms with Crippen molar-refractivity contribution in [2.75, 3.05) is 5.75 Å². The summed E-state index contributed by atoms with van der Waals surface area (Å²) in [6, 6.07) is 0. The molecule has 0 bridgehead atoms. The van der Waals surface area contributed by atoms with Crippen molar-refractivity contribution in [2.24, 2.45) is 0 Å². The Bertz CT molecular complexity index is 56.7. The third-order valence-electron chi connectivity index (χ3n) is 0.656. The summed E-state index contributed by atoms with van der Waals surface area (Å²) >= 11 is 1.76. The van der Waals surface area contributed by atoms with Gasteiger partial charge in [-0.1, -0.05) is 18.0 Å². The zero-order valence-electron chi connectivity index (χ0n) is 3.89. The quantitative estimate of drug-likeness (QED) is 0.509. The first-order valence-electron chi connectivity index (χ1n) is 2.02. The van der Waals surface area contributed by atoms with Crippen molar-refractivity contribution < 1.29 is 0 Å². The van der Waals surface area contributed by atoms with E-state index in [1.165, 1.54) is 12.2 Å². The smallest absolute Gasteiger partial charge is 0.0167 e. The van der Waals surface area contributed by atoms with Gasteiger partial charge in [0.15, 0.2) is 0 Å². The van der Waals surface area contributed by atoms with Crippen molar-refractivity contribution in [3.63, 3.8) is 0 Å². The summed E-state index contributed by atoms with van der Waals surface area (Å²) in [6.45, 7) is 0. The zero-order valence-corrected chi connectivity index (χ0v) is 5.52. The van der Waals surface area contributed by atoms with Gasteiger partial charge in [-0.05, 0) is 6.42 Å². The van der Waals surface area contributed by atoms with Crippen molar-refractivity contribution in [3.8, 4) is 0 Å². The van der Waals surface area contributed by atoms with Gasteiger partial charge in [0.1, 0.15) is 0 Å². The number of allylic oxidation sites excluding steroid dienone is 1. The largest absolute Gasteiger partial charge is 0.337 e. The first kappa shape index (κ1) is 7.18. The average Bonchev–Trinajstić information content (AvgIpc) is 1.72. The van der Waals surface area contributed by atoms with Crippen LogP contribution in [0.3, 0.4) is 0 Å². The Balaban J connectivity index is 0.000000360. The summed E-state index contributed by atoms with van der Waals surface area (Å²) in [5, 5.41) is 0. The third-order valence-corrected chi connectivity index (χ3v) is 1.40. The second-order valence-electron chi connectivity index (χ2n) is 1.16. The third kappa shape index (κ3) is 2.83. The molecule has 1 aliphatic heterocycles. The molecule has 1 nitrogen and oxygen atoms in total. The highest BCUT2D eigenvalue weighted by atomic mass is 35.5. The Labute approximate surface area is 54.1 Å². The van der Waals surface area contributed by atoms with Gasteiger partial charge in [0, 0.05) is 12.0 Å². The fraction of sp³-hybridized carbons (Fsp3) is 0.500. The first-order valence-corrected chi connectivity index (χ1v) is 3.01. The number of hydrogen-bond acceptors (Lipinski definition) is 2. The lowest BCUT2D eigenvalue weighted by atomic mass is 10.5. The molecule has 1 N–H and O–H groups in total. The van der Waals surface area contributed by atoms with Gasteiger partial charge in [-0.25, -0.2) is 0 Å². The molecule has 0 fully saturated rings. The lowest BCUT2D eigenvalue weighted by molar-refractivity contribution is 1.17. The van der Waals surface area contributed by atoms with E-state index in [-0.39, 0.29) is 12.4 Å². The molecule has 0 saturated carbocycles. The Hall–Kier alpha value is 0.180. The average molecular weight is 138 g/mol. The van der Waals surface area contributed by atoms with Crippen LogP contribution in [0.15, 0.2) is 12.3 Å². The van der Waals surface area contributed by atoms with Crippen LogP contribution in [-0.2, 0) is 0 Å². The van der Waals surface area contributed by atoms with E-state index in [4.69, 9.17) is 0 Å². The van der Waals surface area contributed by atoms with Crippen LogP contribution in [0.2, 0.25) is 0 Å². The van der Waals surface area contributed by atoms with Gasteiger partial charge in [-0.2, -0.15) is 0 Å². The molecular formula is C4H8ClNS. The molecule has 0 atom stereocenters. The van der Waals surface area contributed by atoms with E-state index < -0.39 is 0 Å². The predicted octanol–water partition coefficient (Wildman–Crippen LogP) is 1.56. The van der Waals surface area contributed by atoms with Crippen LogP contribution in [-0.4, -0.2) is 5.75 Å². The highest BCUT2D eigenvalue weighted by Crippen LogP contribution is 2.01. The molecule has 42 valence electrons. The molecule has 1 heterocycles. The van der Waals surface area contributed by atoms with Crippen LogP contribution < -0.4 is 4.72 Å². The number of nitrogens with one attached hydrogen (secondary N) is 1. The Morgan fingerprint density at radius 2 is 2.43 bits per heavy atom. The summed E-state index contributed by atoms with van der Waals surface area (Å²) in [5.74, 6) is 1.22. The molecule has 0 radical (unpaired) electrons. The van der Waals surface area contributed by atoms with Crippen molar-refractivity contribution in [1.82, 2.24) is 4.72 Å². The van der Waals surface area contributed by atoms with E-state index in [1.807, 2.05) is 6.20 Å². The van der Waals surface area contributed by atoms with Crippen LogP contribution in [0.4, 0.5) is 0 Å². The van der Waals surface area contributed by atoms with Crippen molar-refractivity contribution in [3.05, 3.63) is 12.3 Å². The normalized spacial score (nSPS) is 17.1. The van der Waals surface area contributed by atoms with Gasteiger partial charge in [0.05, 0.1) is 0 Å². The van der Waals surface area contributed by atoms with Crippen molar-refractivity contribution in [2.45, 2.75) is 6.42 Å². The standard InChI is InChI=1S/C4H7NS.ClH/c1-2-4-6-5-3-1;/h1,3,5H,2,4H2;1H. The van der Waals surface area contributed by atoms with Gasteiger partial charge in [0.2, 0.25) is 0 Å². The van der Waals surface area contributed by atoms with Gasteiger partial charge in [-0.3, -0.25) is 0 Å². The Morgan fingerprint density at radius 3 is 2.57 bits per heavy atom. The fourth-order valence-corrected chi connectivity index (χ4v) is 0.930. The lowest BCUT2D eigenvalue weighted by Crippen LogP contribution is -1.97. The van der Waals surface area contributed by atoms with E-state index in [0.29, 0.717) is 0 Å². The van der Waals surface area contributed by atoms with Gasteiger partial charge < -0.3 is 4.72 Å². The van der Waals surface area contributed by atoms with Gasteiger partial charge in [-0.15, -0.1) is 12.4 Å². The molecule has 1 aliphatic rings. The monoisotopic (exact) mass is 137 g/mol. The molecule has 0 aromatic heterocycles. The minimum Gasteiger partial charge on any atom is -0.337 e. The molecule has 3 heteroatoms. The van der Waals surface area contributed by atoms with E-state index in [1.54, 1.807) is 11.9 Å². The van der Waals surface area contributed by atoms with Crippen LogP contribution >= 0.6 is 24.4 Å². The molecule has 0 saturated heterocycles. The molecule has 0 unspecified atom stereocenters. The van der Waals surface area contributed by atoms with Gasteiger partial charge >= 0.3 is 0 Å². The predicted molar refractivity (Wildman–Crippen MR) is 36.6 cm³/mol. The maximum absolute atomic E-state index is 3.02. The number of rotatable bonds is 0. The Kier molecular flexibility index (Phi) is 4.45. The summed E-state index contributed by atoms with van der Waals surface area (Å²) in [6.07, 6.45) is 5.34. The second-order valence-corrected chi connectivity index (χ2v) is 2.09. The number of halogens is 1. The maximum atomic E-state index is 3.02. The summed E-state index contributed by atoms with van der Waals surface area (Å²) in [4.78, 5) is 0. The topological polar surface area (TPSA) is 12.0 Å². The SMILES string of the molecule is C1=CNSCC1.Cl. The minimum atomic E-state index is 0. The van der Waals surface area contributed by atoms with Crippen LogP contribution in [0.25, 0.3) is 0 Å². The van der Waals surface area contributed by atoms with E-state index in [2.05, 4.69) is 10.8 Å². The fourth-order valence-electron chi connectivity index (χ4n) is 0.365. The molecule has 1 rings (SSSR count). The van der Waals surface area contributed by atoms with Crippen LogP contribution in [0, 0.1) is 0 Å². The number of hydrogen-bond donors (Lipinski definition) is 1. The Morgan fingerprint density at radius 1 is 1.57 bits per heavy atom. The zero-order chi connectivity index (χ0) is 4.24. The molecular weight excluding hydrogens is 130 g/mol. The molecule has 0 aliphatic carbocycles. The molecule has 0 aromatic carbocycles. The van der Waals surface area contributed by atoms with Crippen molar-refractivity contribution in [1.29, 1.82) is 0 Å². The summed E-state index contributed by atoms with van der Waals surface area (Å²) in [5.41, 5.74) is 0. The minimum absolute atomic E-state index is 0. The van der Waals surface area contributed by atoms with Crippen molar-refractivity contribution >= 4 is 24.4 Å².